The second kappa shape index (κ2) is 45.7. The van der Waals surface area contributed by atoms with Crippen LogP contribution in [0.4, 0.5) is 0 Å². The van der Waals surface area contributed by atoms with Crippen molar-refractivity contribution in [1.29, 1.82) is 0 Å². The summed E-state index contributed by atoms with van der Waals surface area (Å²) in [6.45, 7) is 7.30. The standard InChI is InChI=1S/C51H80O5/c1-4-7-10-13-16-18-20-22-23-24-25-26-27-28-30-32-34-37-40-43-46-54-47-49(56-51(53)45-42-39-35-15-12-9-6-3)48-55-50(52)44-41-38-36-33-31-29-21-19-17-14-11-8-5-2/h7-8,10-11,16-19,22-23,25-26,28-31,34,36-38,49H,4-6,9,12-15,20-21,24,27,32-33,35,39-48H2,1-3H3/b10-7-,11-8-,18-16-,19-17-,23-22-,26-25-,30-28-,31-29-,37-34-,38-36-. The van der Waals surface area contributed by atoms with E-state index in [1.165, 1.54) is 25.7 Å². The fourth-order valence-electron chi connectivity index (χ4n) is 5.30. The van der Waals surface area contributed by atoms with Gasteiger partial charge in [-0.1, -0.05) is 181 Å². The summed E-state index contributed by atoms with van der Waals surface area (Å²) >= 11 is 0. The second-order valence-corrected chi connectivity index (χ2v) is 13.8. The largest absolute Gasteiger partial charge is 0.462 e. The third-order valence-electron chi connectivity index (χ3n) is 8.51. The van der Waals surface area contributed by atoms with Gasteiger partial charge < -0.3 is 14.2 Å². The van der Waals surface area contributed by atoms with Crippen LogP contribution >= 0.6 is 0 Å². The molecular formula is C51H80O5. The molecule has 0 radical (unpaired) electrons. The third-order valence-corrected chi connectivity index (χ3v) is 8.51. The van der Waals surface area contributed by atoms with Gasteiger partial charge in [-0.2, -0.15) is 0 Å². The van der Waals surface area contributed by atoms with Crippen LogP contribution in [-0.2, 0) is 23.8 Å². The molecule has 0 aliphatic carbocycles. The molecule has 1 unspecified atom stereocenters. The second-order valence-electron chi connectivity index (χ2n) is 13.8. The van der Waals surface area contributed by atoms with Crippen molar-refractivity contribution in [3.8, 4) is 0 Å². The Kier molecular flexibility index (Phi) is 42.7. The lowest BCUT2D eigenvalue weighted by Gasteiger charge is -2.18. The molecule has 0 bridgehead atoms. The van der Waals surface area contributed by atoms with E-state index in [1.54, 1.807) is 0 Å². The molecule has 5 heteroatoms. The van der Waals surface area contributed by atoms with E-state index < -0.39 is 6.10 Å². The Morgan fingerprint density at radius 3 is 1.29 bits per heavy atom. The number of ether oxygens (including phenoxy) is 3. The van der Waals surface area contributed by atoms with Crippen molar-refractivity contribution in [2.75, 3.05) is 19.8 Å². The molecule has 0 amide bonds. The first-order valence-electron chi connectivity index (χ1n) is 22.1. The van der Waals surface area contributed by atoms with Crippen molar-refractivity contribution in [2.45, 2.75) is 168 Å². The quantitative estimate of drug-likeness (QED) is 0.0355. The lowest BCUT2D eigenvalue weighted by atomic mass is 10.1. The van der Waals surface area contributed by atoms with E-state index in [1.807, 2.05) is 6.08 Å². The molecule has 0 rings (SSSR count). The zero-order chi connectivity index (χ0) is 40.7. The van der Waals surface area contributed by atoms with Gasteiger partial charge in [0.1, 0.15) is 6.61 Å². The predicted molar refractivity (Wildman–Crippen MR) is 242 cm³/mol. The number of hydrogen-bond donors (Lipinski definition) is 0. The summed E-state index contributed by atoms with van der Waals surface area (Å²) in [6.07, 6.45) is 63.8. The maximum atomic E-state index is 12.6. The molecule has 1 atom stereocenters. The van der Waals surface area contributed by atoms with Crippen LogP contribution < -0.4 is 0 Å². The minimum absolute atomic E-state index is 0.0168. The molecule has 0 N–H and O–H groups in total. The molecule has 56 heavy (non-hydrogen) atoms. The highest BCUT2D eigenvalue weighted by molar-refractivity contribution is 5.70. The van der Waals surface area contributed by atoms with E-state index in [4.69, 9.17) is 14.2 Å². The Labute approximate surface area is 344 Å². The molecule has 0 fully saturated rings. The van der Waals surface area contributed by atoms with E-state index in [0.29, 0.717) is 25.9 Å². The number of hydrogen-bond acceptors (Lipinski definition) is 5. The zero-order valence-corrected chi connectivity index (χ0v) is 35.8. The number of carbonyl (C=O) groups is 2. The number of allylic oxidation sites excluding steroid dienone is 20. The van der Waals surface area contributed by atoms with E-state index in [9.17, 15) is 9.59 Å². The number of carbonyl (C=O) groups excluding carboxylic acids is 2. The summed E-state index contributed by atoms with van der Waals surface area (Å²) in [5, 5.41) is 0. The molecule has 0 aromatic carbocycles. The molecule has 0 aromatic rings. The van der Waals surface area contributed by atoms with Crippen molar-refractivity contribution in [3.63, 3.8) is 0 Å². The van der Waals surface area contributed by atoms with Crippen LogP contribution in [0.1, 0.15) is 162 Å². The SMILES string of the molecule is CC/C=C\C/C=C\C/C=C\C/C=C\C/C=C\C/C=C\CCCOCC(COC(=O)CC/C=C\C/C=C\C/C=C\C/C=C\CC)OC(=O)CCCCCCCCC. The van der Waals surface area contributed by atoms with Crippen molar-refractivity contribution in [1.82, 2.24) is 0 Å². The van der Waals surface area contributed by atoms with Crippen molar-refractivity contribution < 1.29 is 23.8 Å². The summed E-state index contributed by atoms with van der Waals surface area (Å²) in [6, 6.07) is 0. The highest BCUT2D eigenvalue weighted by Crippen LogP contribution is 2.10. The zero-order valence-electron chi connectivity index (χ0n) is 35.8. The van der Waals surface area contributed by atoms with Crippen LogP contribution in [0.2, 0.25) is 0 Å². The third kappa shape index (κ3) is 43.0. The maximum Gasteiger partial charge on any atom is 0.306 e. The Balaban J connectivity index is 4.38. The molecule has 0 heterocycles. The maximum absolute atomic E-state index is 12.6. The Morgan fingerprint density at radius 2 is 0.821 bits per heavy atom. The average Bonchev–Trinajstić information content (AvgIpc) is 3.20. The van der Waals surface area contributed by atoms with Gasteiger partial charge in [0.05, 0.1) is 6.61 Å². The Morgan fingerprint density at radius 1 is 0.411 bits per heavy atom. The van der Waals surface area contributed by atoms with E-state index in [0.717, 1.165) is 96.3 Å². The highest BCUT2D eigenvalue weighted by Gasteiger charge is 2.17. The molecule has 0 aliphatic heterocycles. The van der Waals surface area contributed by atoms with Crippen LogP contribution in [0.25, 0.3) is 0 Å². The highest BCUT2D eigenvalue weighted by atomic mass is 16.6. The van der Waals surface area contributed by atoms with Crippen molar-refractivity contribution in [2.24, 2.45) is 0 Å². The minimum atomic E-state index is -0.598. The molecule has 0 spiro atoms. The number of esters is 2. The van der Waals surface area contributed by atoms with Gasteiger partial charge in [-0.05, 0) is 89.9 Å². The predicted octanol–water partition coefficient (Wildman–Crippen LogP) is 14.7. The molecule has 5 nitrogen and oxygen atoms in total. The summed E-state index contributed by atoms with van der Waals surface area (Å²) < 4.78 is 17.1. The van der Waals surface area contributed by atoms with Gasteiger partial charge in [0, 0.05) is 19.4 Å². The lowest BCUT2D eigenvalue weighted by Crippen LogP contribution is -2.30. The smallest absolute Gasteiger partial charge is 0.306 e. The molecule has 0 aliphatic rings. The fraction of sp³-hybridized carbons (Fsp3) is 0.569. The molecule has 0 saturated heterocycles. The van der Waals surface area contributed by atoms with E-state index in [2.05, 4.69) is 136 Å². The van der Waals surface area contributed by atoms with Gasteiger partial charge in [-0.15, -0.1) is 0 Å². The topological polar surface area (TPSA) is 61.8 Å². The minimum Gasteiger partial charge on any atom is -0.462 e. The van der Waals surface area contributed by atoms with E-state index in [-0.39, 0.29) is 25.2 Å². The first kappa shape index (κ1) is 52.3. The molecule has 0 saturated carbocycles. The van der Waals surface area contributed by atoms with Crippen LogP contribution in [-0.4, -0.2) is 37.9 Å². The first-order valence-corrected chi connectivity index (χ1v) is 22.1. The Hall–Kier alpha value is -3.70. The van der Waals surface area contributed by atoms with Gasteiger partial charge >= 0.3 is 11.9 Å². The summed E-state index contributed by atoms with van der Waals surface area (Å²) in [7, 11) is 0. The first-order chi connectivity index (χ1) is 27.6. The van der Waals surface area contributed by atoms with Crippen LogP contribution in [0.15, 0.2) is 122 Å². The van der Waals surface area contributed by atoms with Crippen LogP contribution in [0.5, 0.6) is 0 Å². The van der Waals surface area contributed by atoms with Crippen LogP contribution in [0, 0.1) is 0 Å². The monoisotopic (exact) mass is 773 g/mol. The van der Waals surface area contributed by atoms with Gasteiger partial charge in [-0.3, -0.25) is 9.59 Å². The van der Waals surface area contributed by atoms with E-state index >= 15 is 0 Å². The van der Waals surface area contributed by atoms with Gasteiger partial charge in [0.15, 0.2) is 6.10 Å². The normalized spacial score (nSPS) is 13.4. The fourth-order valence-corrected chi connectivity index (χ4v) is 5.30. The lowest BCUT2D eigenvalue weighted by molar-refractivity contribution is -0.162. The van der Waals surface area contributed by atoms with Crippen LogP contribution in [0.3, 0.4) is 0 Å². The molecular weight excluding hydrogens is 693 g/mol. The van der Waals surface area contributed by atoms with Gasteiger partial charge in [0.25, 0.3) is 0 Å². The molecule has 314 valence electrons. The van der Waals surface area contributed by atoms with Gasteiger partial charge in [0.2, 0.25) is 0 Å². The number of unbranched alkanes of at least 4 members (excludes halogenated alkanes) is 7. The summed E-state index contributed by atoms with van der Waals surface area (Å²) in [5.74, 6) is -0.542. The van der Waals surface area contributed by atoms with Crippen molar-refractivity contribution in [3.05, 3.63) is 122 Å². The van der Waals surface area contributed by atoms with Crippen molar-refractivity contribution >= 4 is 11.9 Å². The molecule has 0 aromatic heterocycles. The van der Waals surface area contributed by atoms with Gasteiger partial charge in [-0.25, -0.2) is 0 Å². The summed E-state index contributed by atoms with van der Waals surface area (Å²) in [5.41, 5.74) is 0. The average molecular weight is 773 g/mol. The summed E-state index contributed by atoms with van der Waals surface area (Å²) in [4.78, 5) is 25.0. The number of rotatable bonds is 38. The Bertz CT molecular complexity index is 1190.